The molecule has 2 aliphatic rings. The average Bonchev–Trinajstić information content (AvgIpc) is 3.99. The highest BCUT2D eigenvalue weighted by atomic mass is 32.2. The second-order valence-electron chi connectivity index (χ2n) is 12.6. The molecule has 3 aromatic carbocycles. The van der Waals surface area contributed by atoms with Gasteiger partial charge in [-0.05, 0) is 66.6 Å². The first kappa shape index (κ1) is 35.6. The van der Waals surface area contributed by atoms with Crippen LogP contribution in [0.3, 0.4) is 0 Å². The van der Waals surface area contributed by atoms with Gasteiger partial charge in [0.25, 0.3) is 0 Å². The van der Waals surface area contributed by atoms with Crippen LogP contribution in [-0.4, -0.2) is 79.8 Å². The quantitative estimate of drug-likeness (QED) is 0.155. The highest BCUT2D eigenvalue weighted by Gasteiger charge is 2.34. The van der Waals surface area contributed by atoms with E-state index in [1.807, 2.05) is 16.8 Å². The summed E-state index contributed by atoms with van der Waals surface area (Å²) in [5, 5.41) is 8.38. The number of morpholine rings is 1. The predicted molar refractivity (Wildman–Crippen MR) is 204 cm³/mol. The topological polar surface area (TPSA) is 135 Å². The van der Waals surface area contributed by atoms with Crippen molar-refractivity contribution in [3.8, 4) is 33.1 Å². The van der Waals surface area contributed by atoms with Gasteiger partial charge in [0.2, 0.25) is 20.0 Å². The van der Waals surface area contributed by atoms with Crippen LogP contribution >= 0.6 is 22.7 Å². The van der Waals surface area contributed by atoms with Crippen LogP contribution in [0.4, 0.5) is 15.2 Å². The molecular weight excluding hydrogens is 756 g/mol. The van der Waals surface area contributed by atoms with Gasteiger partial charge in [0.15, 0.2) is 5.13 Å². The van der Waals surface area contributed by atoms with Crippen LogP contribution in [0.1, 0.15) is 17.9 Å². The molecule has 272 valence electrons. The number of sulfonamides is 2. The standard InChI is InChI=1S/C37H33FN6O5S4/c38-30-5-7-31(8-6-30)40-37-42-35(24-51-37)26-3-11-33(12-4-26)53(47,48)44-14-13-27(22-44)28-19-29(21-39-20-28)36-41-34(23-50-36)25-1-9-32(10-2-25)52(45,46)43-15-17-49-18-16-43/h1-12,19-21,23-24,27H,13-18,22H2,(H,40,42). The summed E-state index contributed by atoms with van der Waals surface area (Å²) in [6, 6.07) is 21.6. The van der Waals surface area contributed by atoms with E-state index in [-0.39, 0.29) is 21.5 Å². The maximum absolute atomic E-state index is 13.7. The first-order valence-corrected chi connectivity index (χ1v) is 21.5. The van der Waals surface area contributed by atoms with Crippen LogP contribution in [0, 0.1) is 5.82 Å². The van der Waals surface area contributed by atoms with Crippen molar-refractivity contribution in [2.45, 2.75) is 22.1 Å². The molecule has 0 radical (unpaired) electrons. The van der Waals surface area contributed by atoms with Gasteiger partial charge in [-0.2, -0.15) is 8.61 Å². The van der Waals surface area contributed by atoms with E-state index in [1.54, 1.807) is 73.1 Å². The number of hydrogen-bond acceptors (Lipinski definition) is 11. The summed E-state index contributed by atoms with van der Waals surface area (Å²) in [6.45, 7) is 2.18. The van der Waals surface area contributed by atoms with Gasteiger partial charge >= 0.3 is 0 Å². The molecule has 0 amide bonds. The number of anilines is 2. The normalized spacial score (nSPS) is 17.3. The third-order valence-corrected chi connectivity index (χ3v) is 14.7. The predicted octanol–water partition coefficient (Wildman–Crippen LogP) is 7.08. The van der Waals surface area contributed by atoms with Gasteiger partial charge in [0.05, 0.1) is 34.4 Å². The monoisotopic (exact) mass is 788 g/mol. The second kappa shape index (κ2) is 14.8. The number of hydrogen-bond donors (Lipinski definition) is 1. The molecule has 2 aliphatic heterocycles. The van der Waals surface area contributed by atoms with Gasteiger partial charge in [-0.25, -0.2) is 31.2 Å². The van der Waals surface area contributed by atoms with E-state index in [0.29, 0.717) is 56.6 Å². The Hall–Kier alpha value is -4.42. The van der Waals surface area contributed by atoms with E-state index in [4.69, 9.17) is 9.72 Å². The smallest absolute Gasteiger partial charge is 0.243 e. The number of thiazole rings is 2. The molecule has 8 rings (SSSR count). The SMILES string of the molecule is O=S(=O)(c1ccc(-c2csc(-c3cncc(C4CCN(S(=O)(=O)c5ccc(-c6csc(Nc7ccc(F)cc7)n6)cc5)C4)c3)n2)cc1)N1CCOCC1. The molecule has 1 atom stereocenters. The Kier molecular flexibility index (Phi) is 9.93. The molecule has 1 unspecified atom stereocenters. The highest BCUT2D eigenvalue weighted by Crippen LogP contribution is 2.35. The lowest BCUT2D eigenvalue weighted by molar-refractivity contribution is 0.0730. The van der Waals surface area contributed by atoms with Crippen molar-refractivity contribution in [2.24, 2.45) is 0 Å². The molecule has 53 heavy (non-hydrogen) atoms. The van der Waals surface area contributed by atoms with Crippen molar-refractivity contribution in [1.29, 1.82) is 0 Å². The number of aromatic nitrogens is 3. The molecule has 0 aliphatic carbocycles. The van der Waals surface area contributed by atoms with Crippen molar-refractivity contribution in [3.05, 3.63) is 113 Å². The summed E-state index contributed by atoms with van der Waals surface area (Å²) in [5.74, 6) is -0.343. The lowest BCUT2D eigenvalue weighted by Gasteiger charge is -2.26. The molecule has 11 nitrogen and oxygen atoms in total. The highest BCUT2D eigenvalue weighted by molar-refractivity contribution is 7.89. The molecule has 3 aromatic heterocycles. The van der Waals surface area contributed by atoms with E-state index in [0.717, 1.165) is 38.6 Å². The van der Waals surface area contributed by atoms with Crippen LogP contribution in [0.25, 0.3) is 33.1 Å². The largest absolute Gasteiger partial charge is 0.379 e. The Balaban J connectivity index is 0.915. The first-order chi connectivity index (χ1) is 25.6. The minimum Gasteiger partial charge on any atom is -0.379 e. The molecule has 2 fully saturated rings. The van der Waals surface area contributed by atoms with Gasteiger partial charge in [0.1, 0.15) is 10.8 Å². The lowest BCUT2D eigenvalue weighted by Crippen LogP contribution is -2.40. The molecule has 0 saturated carbocycles. The Bertz CT molecular complexity index is 2450. The maximum atomic E-state index is 13.7. The van der Waals surface area contributed by atoms with Crippen LogP contribution < -0.4 is 5.32 Å². The van der Waals surface area contributed by atoms with Crippen molar-refractivity contribution in [2.75, 3.05) is 44.7 Å². The zero-order chi connectivity index (χ0) is 36.6. The van der Waals surface area contributed by atoms with Gasteiger partial charge in [-0.15, -0.1) is 22.7 Å². The van der Waals surface area contributed by atoms with Crippen LogP contribution in [0.2, 0.25) is 0 Å². The molecule has 0 bridgehead atoms. The van der Waals surface area contributed by atoms with Crippen molar-refractivity contribution < 1.29 is 26.0 Å². The van der Waals surface area contributed by atoms with Crippen molar-refractivity contribution in [1.82, 2.24) is 23.6 Å². The van der Waals surface area contributed by atoms with Gasteiger partial charge < -0.3 is 10.1 Å². The Morgan fingerprint density at radius 3 is 2.02 bits per heavy atom. The number of pyridine rings is 1. The number of rotatable bonds is 10. The fraction of sp³-hybridized carbons (Fsp3) is 0.216. The van der Waals surface area contributed by atoms with Crippen LogP contribution in [0.5, 0.6) is 0 Å². The van der Waals surface area contributed by atoms with Gasteiger partial charge in [-0.3, -0.25) is 4.98 Å². The minimum atomic E-state index is -3.73. The van der Waals surface area contributed by atoms with E-state index in [2.05, 4.69) is 15.3 Å². The van der Waals surface area contributed by atoms with Gasteiger partial charge in [0, 0.05) is 77.6 Å². The number of benzene rings is 3. The molecule has 5 heterocycles. The van der Waals surface area contributed by atoms with E-state index >= 15 is 0 Å². The maximum Gasteiger partial charge on any atom is 0.243 e. The molecule has 0 spiro atoms. The van der Waals surface area contributed by atoms with E-state index < -0.39 is 20.0 Å². The molecule has 1 N–H and O–H groups in total. The number of nitrogens with one attached hydrogen (secondary N) is 1. The summed E-state index contributed by atoms with van der Waals surface area (Å²) < 4.78 is 74.9. The van der Waals surface area contributed by atoms with Crippen molar-refractivity contribution >= 4 is 53.5 Å². The lowest BCUT2D eigenvalue weighted by atomic mass is 9.99. The Labute approximate surface area is 314 Å². The summed E-state index contributed by atoms with van der Waals surface area (Å²) in [5.41, 5.74) is 5.52. The summed E-state index contributed by atoms with van der Waals surface area (Å²) in [4.78, 5) is 14.4. The fourth-order valence-corrected chi connectivity index (χ4v) is 10.8. The number of halogens is 1. The molecule has 2 saturated heterocycles. The zero-order valence-corrected chi connectivity index (χ0v) is 31.4. The molecular formula is C37H33FN6O5S4. The summed E-state index contributed by atoms with van der Waals surface area (Å²) in [6.07, 6.45) is 4.20. The first-order valence-electron chi connectivity index (χ1n) is 16.8. The third-order valence-electron chi connectivity index (χ3n) is 9.28. The van der Waals surface area contributed by atoms with Crippen molar-refractivity contribution in [3.63, 3.8) is 0 Å². The Morgan fingerprint density at radius 1 is 0.717 bits per heavy atom. The fourth-order valence-electron chi connectivity index (χ4n) is 6.36. The number of nitrogens with zero attached hydrogens (tertiary/aromatic N) is 5. The second-order valence-corrected chi connectivity index (χ2v) is 18.2. The average molecular weight is 789 g/mol. The van der Waals surface area contributed by atoms with E-state index in [1.165, 1.54) is 43.4 Å². The summed E-state index contributed by atoms with van der Waals surface area (Å²) >= 11 is 2.87. The van der Waals surface area contributed by atoms with E-state index in [9.17, 15) is 21.2 Å². The molecule has 6 aromatic rings. The zero-order valence-electron chi connectivity index (χ0n) is 28.1. The Morgan fingerprint density at radius 2 is 1.34 bits per heavy atom. The number of ether oxygens (including phenoxy) is 1. The third kappa shape index (κ3) is 7.53. The summed E-state index contributed by atoms with van der Waals surface area (Å²) in [7, 11) is -7.32. The molecule has 16 heteroatoms. The van der Waals surface area contributed by atoms with Crippen LogP contribution in [0.15, 0.2) is 112 Å². The minimum absolute atomic E-state index is 0.0288. The van der Waals surface area contributed by atoms with Gasteiger partial charge in [-0.1, -0.05) is 24.3 Å². The van der Waals surface area contributed by atoms with Crippen LogP contribution in [-0.2, 0) is 24.8 Å².